The number of hydrogen-bond donors (Lipinski definition) is 2. The highest BCUT2D eigenvalue weighted by atomic mass is 19.1. The molecular weight excluding hydrogens is 259 g/mol. The van der Waals surface area contributed by atoms with E-state index >= 15 is 0 Å². The summed E-state index contributed by atoms with van der Waals surface area (Å²) in [4.78, 5) is 10.4. The van der Waals surface area contributed by atoms with E-state index in [0.29, 0.717) is 24.4 Å². The van der Waals surface area contributed by atoms with Gasteiger partial charge in [-0.2, -0.15) is 5.26 Å². The molecule has 1 atom stereocenters. The van der Waals surface area contributed by atoms with Gasteiger partial charge in [0.15, 0.2) is 0 Å². The van der Waals surface area contributed by atoms with Crippen molar-refractivity contribution in [3.63, 3.8) is 0 Å². The standard InChI is InChI=1S/C15H19FN2O2/c1-11(2-3-15(19)20)4-5-18-10-13-6-12(9-17)7-14(16)8-13/h6-8,11,18H,2-5,10H2,1H3,(H,19,20). The molecule has 108 valence electrons. The first-order valence-electron chi connectivity index (χ1n) is 6.63. The third-order valence-electron chi connectivity index (χ3n) is 3.08. The molecule has 0 saturated heterocycles. The summed E-state index contributed by atoms with van der Waals surface area (Å²) in [5.41, 5.74) is 1.05. The minimum Gasteiger partial charge on any atom is -0.481 e. The van der Waals surface area contributed by atoms with Crippen molar-refractivity contribution >= 4 is 5.97 Å². The van der Waals surface area contributed by atoms with E-state index in [1.807, 2.05) is 13.0 Å². The third kappa shape index (κ3) is 6.30. The lowest BCUT2D eigenvalue weighted by atomic mass is 10.0. The molecule has 0 radical (unpaired) electrons. The topological polar surface area (TPSA) is 73.1 Å². The maximum atomic E-state index is 13.2. The van der Waals surface area contributed by atoms with Gasteiger partial charge in [-0.05, 0) is 49.1 Å². The van der Waals surface area contributed by atoms with Crippen LogP contribution in [0.2, 0.25) is 0 Å². The summed E-state index contributed by atoms with van der Waals surface area (Å²) < 4.78 is 13.2. The molecule has 0 bridgehead atoms. The van der Waals surface area contributed by atoms with E-state index in [4.69, 9.17) is 10.4 Å². The van der Waals surface area contributed by atoms with Gasteiger partial charge in [0.25, 0.3) is 0 Å². The first-order valence-corrected chi connectivity index (χ1v) is 6.63. The molecular formula is C15H19FN2O2. The monoisotopic (exact) mass is 278 g/mol. The van der Waals surface area contributed by atoms with Crippen LogP contribution in [0.15, 0.2) is 18.2 Å². The summed E-state index contributed by atoms with van der Waals surface area (Å²) in [5.74, 6) is -0.843. The maximum Gasteiger partial charge on any atom is 0.303 e. The van der Waals surface area contributed by atoms with Crippen LogP contribution in [0, 0.1) is 23.1 Å². The van der Waals surface area contributed by atoms with E-state index in [1.54, 1.807) is 6.07 Å². The van der Waals surface area contributed by atoms with Gasteiger partial charge in [0.2, 0.25) is 0 Å². The highest BCUT2D eigenvalue weighted by molar-refractivity contribution is 5.66. The normalized spacial score (nSPS) is 11.8. The summed E-state index contributed by atoms with van der Waals surface area (Å²) in [7, 11) is 0. The Kier molecular flexibility index (Phi) is 6.68. The van der Waals surface area contributed by atoms with Crippen molar-refractivity contribution in [3.05, 3.63) is 35.1 Å². The molecule has 0 aliphatic rings. The van der Waals surface area contributed by atoms with Crippen molar-refractivity contribution in [1.29, 1.82) is 5.26 Å². The Bertz CT molecular complexity index is 497. The number of carbonyl (C=O) groups is 1. The minimum absolute atomic E-state index is 0.191. The average molecular weight is 278 g/mol. The van der Waals surface area contributed by atoms with Gasteiger partial charge >= 0.3 is 5.97 Å². The number of nitrogens with one attached hydrogen (secondary N) is 1. The Morgan fingerprint density at radius 2 is 2.20 bits per heavy atom. The third-order valence-corrected chi connectivity index (χ3v) is 3.08. The molecule has 4 nitrogen and oxygen atoms in total. The Labute approximate surface area is 118 Å². The van der Waals surface area contributed by atoms with Crippen LogP contribution in [0.1, 0.15) is 37.3 Å². The van der Waals surface area contributed by atoms with E-state index in [1.165, 1.54) is 12.1 Å². The number of carboxylic acid groups (broad SMARTS) is 1. The number of hydrogen-bond acceptors (Lipinski definition) is 3. The summed E-state index contributed by atoms with van der Waals surface area (Å²) >= 11 is 0. The van der Waals surface area contributed by atoms with Gasteiger partial charge in [-0.25, -0.2) is 4.39 Å². The van der Waals surface area contributed by atoms with Crippen LogP contribution in [-0.4, -0.2) is 17.6 Å². The van der Waals surface area contributed by atoms with Crippen molar-refractivity contribution in [2.45, 2.75) is 32.7 Å². The fraction of sp³-hybridized carbons (Fsp3) is 0.467. The van der Waals surface area contributed by atoms with E-state index in [9.17, 15) is 9.18 Å². The molecule has 20 heavy (non-hydrogen) atoms. The molecule has 2 N–H and O–H groups in total. The fourth-order valence-corrected chi connectivity index (χ4v) is 1.91. The molecule has 0 spiro atoms. The van der Waals surface area contributed by atoms with Gasteiger partial charge in [0.05, 0.1) is 11.6 Å². The summed E-state index contributed by atoms with van der Waals surface area (Å²) in [6, 6.07) is 6.19. The first-order chi connectivity index (χ1) is 9.51. The molecule has 1 aromatic carbocycles. The van der Waals surface area contributed by atoms with Gasteiger partial charge < -0.3 is 10.4 Å². The van der Waals surface area contributed by atoms with Crippen molar-refractivity contribution in [2.75, 3.05) is 6.54 Å². The number of nitrogens with zero attached hydrogens (tertiary/aromatic N) is 1. The van der Waals surface area contributed by atoms with Crippen LogP contribution in [0.4, 0.5) is 4.39 Å². The molecule has 0 fully saturated rings. The lowest BCUT2D eigenvalue weighted by Gasteiger charge is -2.11. The smallest absolute Gasteiger partial charge is 0.303 e. The molecule has 0 amide bonds. The second kappa shape index (κ2) is 8.28. The zero-order valence-corrected chi connectivity index (χ0v) is 11.5. The van der Waals surface area contributed by atoms with Crippen molar-refractivity contribution in [1.82, 2.24) is 5.32 Å². The molecule has 0 aliphatic carbocycles. The van der Waals surface area contributed by atoms with Crippen LogP contribution in [0.3, 0.4) is 0 Å². The second-order valence-corrected chi connectivity index (χ2v) is 4.96. The first kappa shape index (κ1) is 16.1. The average Bonchev–Trinajstić information content (AvgIpc) is 2.40. The summed E-state index contributed by atoms with van der Waals surface area (Å²) in [5, 5.41) is 20.5. The van der Waals surface area contributed by atoms with E-state index in [2.05, 4.69) is 5.32 Å². The summed E-state index contributed by atoms with van der Waals surface area (Å²) in [6.07, 6.45) is 1.72. The van der Waals surface area contributed by atoms with E-state index in [-0.39, 0.29) is 6.42 Å². The molecule has 1 unspecified atom stereocenters. The zero-order valence-electron chi connectivity index (χ0n) is 11.5. The lowest BCUT2D eigenvalue weighted by molar-refractivity contribution is -0.137. The van der Waals surface area contributed by atoms with Gasteiger partial charge in [0, 0.05) is 13.0 Å². The van der Waals surface area contributed by atoms with Crippen molar-refractivity contribution in [3.8, 4) is 6.07 Å². The van der Waals surface area contributed by atoms with Gasteiger partial charge in [-0.15, -0.1) is 0 Å². The maximum absolute atomic E-state index is 13.2. The van der Waals surface area contributed by atoms with Crippen LogP contribution in [-0.2, 0) is 11.3 Å². The largest absolute Gasteiger partial charge is 0.481 e. The number of halogens is 1. The quantitative estimate of drug-likeness (QED) is 0.717. The minimum atomic E-state index is -0.770. The van der Waals surface area contributed by atoms with Gasteiger partial charge in [0.1, 0.15) is 5.82 Å². The molecule has 0 heterocycles. The SMILES string of the molecule is CC(CCNCc1cc(F)cc(C#N)c1)CCC(=O)O. The van der Waals surface area contributed by atoms with Crippen LogP contribution >= 0.6 is 0 Å². The number of carboxylic acids is 1. The predicted octanol–water partition coefficient (Wildman–Crippen LogP) is 2.68. The highest BCUT2D eigenvalue weighted by Gasteiger charge is 2.05. The highest BCUT2D eigenvalue weighted by Crippen LogP contribution is 2.10. The summed E-state index contributed by atoms with van der Waals surface area (Å²) in [6.45, 7) is 3.25. The van der Waals surface area contributed by atoms with Gasteiger partial charge in [-0.1, -0.05) is 6.92 Å². The van der Waals surface area contributed by atoms with E-state index in [0.717, 1.165) is 18.5 Å². The van der Waals surface area contributed by atoms with Crippen molar-refractivity contribution < 1.29 is 14.3 Å². The molecule has 1 aromatic rings. The lowest BCUT2D eigenvalue weighted by Crippen LogP contribution is -2.17. The second-order valence-electron chi connectivity index (χ2n) is 4.96. The molecule has 1 rings (SSSR count). The predicted molar refractivity (Wildman–Crippen MR) is 73.5 cm³/mol. The Morgan fingerprint density at radius 1 is 1.45 bits per heavy atom. The number of aliphatic carboxylic acids is 1. The Morgan fingerprint density at radius 3 is 2.85 bits per heavy atom. The van der Waals surface area contributed by atoms with Crippen LogP contribution in [0.5, 0.6) is 0 Å². The fourth-order valence-electron chi connectivity index (χ4n) is 1.91. The molecule has 0 aliphatic heterocycles. The van der Waals surface area contributed by atoms with Crippen molar-refractivity contribution in [2.24, 2.45) is 5.92 Å². The molecule has 0 aromatic heterocycles. The Hall–Kier alpha value is -1.93. The zero-order chi connectivity index (χ0) is 15.0. The van der Waals surface area contributed by atoms with Crippen LogP contribution < -0.4 is 5.32 Å². The molecule has 0 saturated carbocycles. The molecule has 5 heteroatoms. The number of rotatable bonds is 8. The number of benzene rings is 1. The number of nitriles is 1. The van der Waals surface area contributed by atoms with Gasteiger partial charge in [-0.3, -0.25) is 4.79 Å². The van der Waals surface area contributed by atoms with Crippen LogP contribution in [0.25, 0.3) is 0 Å². The van der Waals surface area contributed by atoms with E-state index < -0.39 is 11.8 Å². The Balaban J connectivity index is 2.29.